The molecule has 1 unspecified atom stereocenters. The zero-order chi connectivity index (χ0) is 27.0. The summed E-state index contributed by atoms with van der Waals surface area (Å²) in [6, 6.07) is 14.3. The first-order valence-electron chi connectivity index (χ1n) is 12.1. The Bertz CT molecular complexity index is 1410. The number of amides is 1. The van der Waals surface area contributed by atoms with Gasteiger partial charge in [0.05, 0.1) is 23.2 Å². The van der Waals surface area contributed by atoms with Gasteiger partial charge in [-0.2, -0.15) is 0 Å². The topological polar surface area (TPSA) is 87.1 Å². The predicted octanol–water partition coefficient (Wildman–Crippen LogP) is 6.63. The molecule has 0 saturated carbocycles. The second kappa shape index (κ2) is 10.3. The molecule has 37 heavy (non-hydrogen) atoms. The van der Waals surface area contributed by atoms with E-state index >= 15 is 0 Å². The molecule has 1 aliphatic rings. The zero-order valence-electron chi connectivity index (χ0n) is 21.5. The number of anilines is 1. The summed E-state index contributed by atoms with van der Waals surface area (Å²) in [5.41, 5.74) is 3.98. The SMILES string of the molecule is Cc1cc(C)cc(N2C(=O)C(=O)/C(=C(\O)c3ccc(OCC(C)C)c(C)c3)C2c2ccc(O)c(Cl)c2)c1. The van der Waals surface area contributed by atoms with Crippen LogP contribution in [0.4, 0.5) is 5.69 Å². The molecule has 0 aliphatic carbocycles. The van der Waals surface area contributed by atoms with Crippen molar-refractivity contribution in [2.24, 2.45) is 5.92 Å². The number of hydrogen-bond donors (Lipinski definition) is 2. The van der Waals surface area contributed by atoms with Crippen molar-refractivity contribution in [3.05, 3.63) is 93.0 Å². The Morgan fingerprint density at radius 2 is 1.68 bits per heavy atom. The second-order valence-corrected chi connectivity index (χ2v) is 10.3. The highest BCUT2D eigenvalue weighted by Crippen LogP contribution is 2.44. The van der Waals surface area contributed by atoms with Gasteiger partial charge in [-0.3, -0.25) is 14.5 Å². The monoisotopic (exact) mass is 519 g/mol. The Hall–Kier alpha value is -3.77. The average Bonchev–Trinajstić information content (AvgIpc) is 3.09. The Balaban J connectivity index is 1.89. The minimum atomic E-state index is -0.948. The largest absolute Gasteiger partial charge is 0.507 e. The fourth-order valence-corrected chi connectivity index (χ4v) is 4.76. The fraction of sp³-hybridized carbons (Fsp3) is 0.267. The number of carbonyl (C=O) groups excluding carboxylic acids is 2. The van der Waals surface area contributed by atoms with Crippen molar-refractivity contribution in [3.63, 3.8) is 0 Å². The molecular weight excluding hydrogens is 490 g/mol. The van der Waals surface area contributed by atoms with Gasteiger partial charge in [-0.15, -0.1) is 0 Å². The van der Waals surface area contributed by atoms with Crippen LogP contribution in [0.3, 0.4) is 0 Å². The van der Waals surface area contributed by atoms with Crippen LogP contribution < -0.4 is 9.64 Å². The molecule has 1 heterocycles. The van der Waals surface area contributed by atoms with E-state index in [1.54, 1.807) is 24.3 Å². The van der Waals surface area contributed by atoms with Crippen LogP contribution in [-0.4, -0.2) is 28.5 Å². The van der Waals surface area contributed by atoms with Crippen molar-refractivity contribution in [2.45, 2.75) is 40.7 Å². The number of aliphatic hydroxyl groups excluding tert-OH is 1. The number of Topliss-reactive ketones (excluding diaryl/α,β-unsaturated/α-hetero) is 1. The highest BCUT2D eigenvalue weighted by atomic mass is 35.5. The van der Waals surface area contributed by atoms with E-state index in [0.29, 0.717) is 35.1 Å². The molecule has 0 radical (unpaired) electrons. The van der Waals surface area contributed by atoms with Crippen molar-refractivity contribution >= 4 is 34.7 Å². The summed E-state index contributed by atoms with van der Waals surface area (Å²) in [5.74, 6) is -0.939. The number of benzene rings is 3. The van der Waals surface area contributed by atoms with Gasteiger partial charge < -0.3 is 14.9 Å². The second-order valence-electron chi connectivity index (χ2n) is 9.91. The Morgan fingerprint density at radius 1 is 1.00 bits per heavy atom. The summed E-state index contributed by atoms with van der Waals surface area (Å²) >= 11 is 6.21. The van der Waals surface area contributed by atoms with Gasteiger partial charge in [0.25, 0.3) is 11.7 Å². The molecule has 1 aliphatic heterocycles. The number of phenolic OH excluding ortho intramolecular Hbond substituents is 1. The summed E-state index contributed by atoms with van der Waals surface area (Å²) in [5, 5.41) is 21.5. The number of phenols is 1. The number of aromatic hydroxyl groups is 1. The minimum absolute atomic E-state index is 0.0545. The molecule has 2 N–H and O–H groups in total. The molecule has 0 bridgehead atoms. The first-order valence-corrected chi connectivity index (χ1v) is 12.5. The van der Waals surface area contributed by atoms with Gasteiger partial charge in [-0.25, -0.2) is 0 Å². The van der Waals surface area contributed by atoms with E-state index in [4.69, 9.17) is 16.3 Å². The van der Waals surface area contributed by atoms with Crippen molar-refractivity contribution in [1.29, 1.82) is 0 Å². The van der Waals surface area contributed by atoms with E-state index in [0.717, 1.165) is 16.7 Å². The van der Waals surface area contributed by atoms with Crippen LogP contribution in [0, 0.1) is 26.7 Å². The predicted molar refractivity (Wildman–Crippen MR) is 145 cm³/mol. The molecule has 192 valence electrons. The normalized spacial score (nSPS) is 17.1. The number of aliphatic hydroxyl groups is 1. The van der Waals surface area contributed by atoms with Crippen molar-refractivity contribution in [1.82, 2.24) is 0 Å². The highest BCUT2D eigenvalue weighted by molar-refractivity contribution is 6.51. The molecule has 1 saturated heterocycles. The van der Waals surface area contributed by atoms with Gasteiger partial charge in [-0.1, -0.05) is 37.6 Å². The minimum Gasteiger partial charge on any atom is -0.507 e. The number of ether oxygens (including phenoxy) is 1. The van der Waals surface area contributed by atoms with Gasteiger partial charge >= 0.3 is 0 Å². The molecule has 1 amide bonds. The number of carbonyl (C=O) groups is 2. The first-order chi connectivity index (χ1) is 17.5. The molecular formula is C30H30ClNO5. The standard InChI is InChI=1S/C30H30ClNO5/c1-16(2)15-37-25-9-7-21(13-19(25)5)28(34)26-27(20-6-8-24(33)23(31)14-20)32(30(36)29(26)35)22-11-17(3)10-18(4)12-22/h6-14,16,27,33-34H,15H2,1-5H3/b28-26-. The van der Waals surface area contributed by atoms with E-state index in [9.17, 15) is 19.8 Å². The Kier molecular flexibility index (Phi) is 7.32. The highest BCUT2D eigenvalue weighted by Gasteiger charge is 2.47. The van der Waals surface area contributed by atoms with Crippen molar-refractivity contribution in [3.8, 4) is 11.5 Å². The molecule has 0 aromatic heterocycles. The van der Waals surface area contributed by atoms with Crippen LogP contribution in [-0.2, 0) is 9.59 Å². The molecule has 1 atom stereocenters. The lowest BCUT2D eigenvalue weighted by molar-refractivity contribution is -0.132. The maximum absolute atomic E-state index is 13.4. The molecule has 3 aromatic carbocycles. The van der Waals surface area contributed by atoms with Gasteiger partial charge in [-0.05, 0) is 91.4 Å². The summed E-state index contributed by atoms with van der Waals surface area (Å²) in [6.45, 7) is 10.3. The maximum Gasteiger partial charge on any atom is 0.300 e. The molecule has 4 rings (SSSR count). The van der Waals surface area contributed by atoms with Crippen molar-refractivity contribution in [2.75, 3.05) is 11.5 Å². The molecule has 3 aromatic rings. The lowest BCUT2D eigenvalue weighted by atomic mass is 9.94. The number of halogens is 1. The lowest BCUT2D eigenvalue weighted by Crippen LogP contribution is -2.29. The van der Waals surface area contributed by atoms with Gasteiger partial charge in [0.1, 0.15) is 17.3 Å². The quantitative estimate of drug-likeness (QED) is 0.217. The van der Waals surface area contributed by atoms with E-state index in [2.05, 4.69) is 13.8 Å². The van der Waals surface area contributed by atoms with Crippen LogP contribution in [0.25, 0.3) is 5.76 Å². The summed E-state index contributed by atoms with van der Waals surface area (Å²) in [4.78, 5) is 28.2. The van der Waals surface area contributed by atoms with Crippen LogP contribution in [0.1, 0.15) is 47.7 Å². The van der Waals surface area contributed by atoms with E-state index in [-0.39, 0.29) is 22.1 Å². The van der Waals surface area contributed by atoms with E-state index < -0.39 is 17.7 Å². The number of rotatable bonds is 6. The van der Waals surface area contributed by atoms with E-state index in [1.807, 2.05) is 39.0 Å². The van der Waals surface area contributed by atoms with Crippen LogP contribution in [0.2, 0.25) is 5.02 Å². The van der Waals surface area contributed by atoms with Crippen LogP contribution >= 0.6 is 11.6 Å². The Morgan fingerprint density at radius 3 is 2.27 bits per heavy atom. The van der Waals surface area contributed by atoms with Crippen LogP contribution in [0.5, 0.6) is 11.5 Å². The number of ketones is 1. The summed E-state index contributed by atoms with van der Waals surface area (Å²) in [6.07, 6.45) is 0. The molecule has 1 fully saturated rings. The molecule has 6 nitrogen and oxygen atoms in total. The smallest absolute Gasteiger partial charge is 0.300 e. The third-order valence-electron chi connectivity index (χ3n) is 6.24. The van der Waals surface area contributed by atoms with Gasteiger partial charge in [0.2, 0.25) is 0 Å². The third kappa shape index (κ3) is 5.20. The summed E-state index contributed by atoms with van der Waals surface area (Å²) in [7, 11) is 0. The van der Waals surface area contributed by atoms with Gasteiger partial charge in [0, 0.05) is 11.3 Å². The average molecular weight is 520 g/mol. The number of hydrogen-bond acceptors (Lipinski definition) is 5. The lowest BCUT2D eigenvalue weighted by Gasteiger charge is -2.26. The first kappa shape index (κ1) is 26.3. The molecule has 0 spiro atoms. The Labute approximate surface area is 221 Å². The van der Waals surface area contributed by atoms with Gasteiger partial charge in [0.15, 0.2) is 0 Å². The third-order valence-corrected chi connectivity index (χ3v) is 6.54. The molecule has 7 heteroatoms. The van der Waals surface area contributed by atoms with E-state index in [1.165, 1.54) is 17.0 Å². The van der Waals surface area contributed by atoms with Crippen LogP contribution in [0.15, 0.2) is 60.2 Å². The zero-order valence-corrected chi connectivity index (χ0v) is 22.3. The number of aryl methyl sites for hydroxylation is 3. The van der Waals surface area contributed by atoms with Crippen molar-refractivity contribution < 1.29 is 24.5 Å². The summed E-state index contributed by atoms with van der Waals surface area (Å²) < 4.78 is 5.84. The fourth-order valence-electron chi connectivity index (χ4n) is 4.57. The maximum atomic E-state index is 13.4. The number of nitrogens with zero attached hydrogens (tertiary/aromatic N) is 1.